The standard InChI is InChI=1S/C16H16FN5.C3H8/c1-10-6-15(22-16(21-10)19-9-20-22)18-8-13-5-4-12(7-14(13)17)11-2-3-11;1-3-2/h4-7,9,11,18H,2-3,8H2,1H3;3H2,1-2H3. The largest absolute Gasteiger partial charge is 0.366 e. The fraction of sp³-hybridized carbons (Fsp3) is 0.421. The monoisotopic (exact) mass is 341 g/mol. The number of aromatic nitrogens is 4. The lowest BCUT2D eigenvalue weighted by atomic mass is 10.1. The Hall–Kier alpha value is -2.50. The molecule has 1 fully saturated rings. The van der Waals surface area contributed by atoms with E-state index in [4.69, 9.17) is 0 Å². The molecule has 0 amide bonds. The molecule has 0 saturated heterocycles. The Morgan fingerprint density at radius 3 is 2.68 bits per heavy atom. The Morgan fingerprint density at radius 1 is 1.24 bits per heavy atom. The highest BCUT2D eigenvalue weighted by atomic mass is 19.1. The molecule has 1 aliphatic carbocycles. The molecule has 5 nitrogen and oxygen atoms in total. The lowest BCUT2D eigenvalue weighted by Crippen LogP contribution is -2.08. The van der Waals surface area contributed by atoms with Crippen molar-refractivity contribution >= 4 is 11.6 Å². The van der Waals surface area contributed by atoms with Gasteiger partial charge in [-0.1, -0.05) is 32.4 Å². The zero-order valence-corrected chi connectivity index (χ0v) is 15.0. The van der Waals surface area contributed by atoms with Gasteiger partial charge in [-0.15, -0.1) is 0 Å². The maximum Gasteiger partial charge on any atom is 0.254 e. The van der Waals surface area contributed by atoms with Gasteiger partial charge in [0.2, 0.25) is 0 Å². The molecule has 6 heteroatoms. The molecule has 1 aliphatic rings. The number of hydrogen-bond acceptors (Lipinski definition) is 4. The van der Waals surface area contributed by atoms with E-state index in [0.717, 1.165) is 17.1 Å². The van der Waals surface area contributed by atoms with Crippen LogP contribution in [0.5, 0.6) is 0 Å². The molecule has 1 N–H and O–H groups in total. The summed E-state index contributed by atoms with van der Waals surface area (Å²) in [4.78, 5) is 8.36. The van der Waals surface area contributed by atoms with Gasteiger partial charge in [0.1, 0.15) is 18.0 Å². The third kappa shape index (κ3) is 4.13. The Morgan fingerprint density at radius 2 is 2.00 bits per heavy atom. The Labute approximate surface area is 147 Å². The van der Waals surface area contributed by atoms with Crippen LogP contribution >= 0.6 is 0 Å². The van der Waals surface area contributed by atoms with Crippen LogP contribution in [0.1, 0.15) is 55.8 Å². The van der Waals surface area contributed by atoms with E-state index in [1.54, 1.807) is 10.6 Å². The summed E-state index contributed by atoms with van der Waals surface area (Å²) < 4.78 is 15.8. The van der Waals surface area contributed by atoms with Crippen molar-refractivity contribution in [1.29, 1.82) is 0 Å². The zero-order chi connectivity index (χ0) is 17.8. The minimum absolute atomic E-state index is 0.155. The van der Waals surface area contributed by atoms with Crippen molar-refractivity contribution in [2.24, 2.45) is 0 Å². The zero-order valence-electron chi connectivity index (χ0n) is 15.0. The molecule has 0 unspecified atom stereocenters. The van der Waals surface area contributed by atoms with Crippen LogP contribution in [-0.2, 0) is 6.54 Å². The van der Waals surface area contributed by atoms with Crippen molar-refractivity contribution in [3.8, 4) is 0 Å². The molecular weight excluding hydrogens is 317 g/mol. The van der Waals surface area contributed by atoms with Crippen molar-refractivity contribution in [2.75, 3.05) is 5.32 Å². The summed E-state index contributed by atoms with van der Waals surface area (Å²) in [6.07, 6.45) is 5.06. The van der Waals surface area contributed by atoms with Gasteiger partial charge in [-0.3, -0.25) is 0 Å². The quantitative estimate of drug-likeness (QED) is 0.760. The smallest absolute Gasteiger partial charge is 0.254 e. The first-order valence-corrected chi connectivity index (χ1v) is 8.82. The van der Waals surface area contributed by atoms with Crippen molar-refractivity contribution in [2.45, 2.75) is 52.5 Å². The Balaban J connectivity index is 0.000000569. The van der Waals surface area contributed by atoms with Gasteiger partial charge >= 0.3 is 0 Å². The maximum atomic E-state index is 14.2. The lowest BCUT2D eigenvalue weighted by Gasteiger charge is -2.10. The second-order valence-corrected chi connectivity index (χ2v) is 6.44. The molecule has 2 aromatic heterocycles. The number of aryl methyl sites for hydroxylation is 1. The summed E-state index contributed by atoms with van der Waals surface area (Å²) in [7, 11) is 0. The molecule has 1 aromatic carbocycles. The van der Waals surface area contributed by atoms with Crippen molar-refractivity contribution in [1.82, 2.24) is 19.6 Å². The van der Waals surface area contributed by atoms with Crippen LogP contribution in [-0.4, -0.2) is 19.6 Å². The number of hydrogen-bond donors (Lipinski definition) is 1. The highest BCUT2D eigenvalue weighted by Crippen LogP contribution is 2.40. The van der Waals surface area contributed by atoms with Crippen molar-refractivity contribution in [3.63, 3.8) is 0 Å². The first-order chi connectivity index (χ1) is 12.1. The summed E-state index contributed by atoms with van der Waals surface area (Å²) >= 11 is 0. The van der Waals surface area contributed by atoms with Gasteiger partial charge in [0.05, 0.1) is 0 Å². The van der Waals surface area contributed by atoms with Crippen LogP contribution in [0.25, 0.3) is 5.78 Å². The Kier molecular flexibility index (Phi) is 5.26. The lowest BCUT2D eigenvalue weighted by molar-refractivity contribution is 0.610. The normalized spacial score (nSPS) is 13.4. The van der Waals surface area contributed by atoms with E-state index in [1.807, 2.05) is 25.1 Å². The Bertz CT molecular complexity index is 854. The minimum atomic E-state index is -0.155. The van der Waals surface area contributed by atoms with E-state index in [-0.39, 0.29) is 5.82 Å². The molecule has 0 radical (unpaired) electrons. The maximum absolute atomic E-state index is 14.2. The minimum Gasteiger partial charge on any atom is -0.366 e. The SMILES string of the molecule is CCC.Cc1cc(NCc2ccc(C3CC3)cc2F)n2ncnc2n1. The van der Waals surface area contributed by atoms with Crippen LogP contribution in [0.15, 0.2) is 30.6 Å². The van der Waals surface area contributed by atoms with E-state index in [9.17, 15) is 4.39 Å². The first kappa shape index (κ1) is 17.3. The number of rotatable bonds is 4. The van der Waals surface area contributed by atoms with Gasteiger partial charge in [-0.25, -0.2) is 9.37 Å². The van der Waals surface area contributed by atoms with E-state index < -0.39 is 0 Å². The van der Waals surface area contributed by atoms with E-state index >= 15 is 0 Å². The molecule has 0 bridgehead atoms. The average Bonchev–Trinajstić information content (AvgIpc) is 3.32. The number of halogens is 1. The van der Waals surface area contributed by atoms with Gasteiger partial charge in [-0.2, -0.15) is 14.6 Å². The topological polar surface area (TPSA) is 55.1 Å². The molecule has 0 aliphatic heterocycles. The van der Waals surface area contributed by atoms with Gasteiger partial charge in [0, 0.05) is 23.9 Å². The van der Waals surface area contributed by atoms with E-state index in [1.165, 1.54) is 25.6 Å². The molecule has 0 atom stereocenters. The van der Waals surface area contributed by atoms with E-state index in [0.29, 0.717) is 23.8 Å². The third-order valence-electron chi connectivity index (χ3n) is 3.97. The molecule has 25 heavy (non-hydrogen) atoms. The fourth-order valence-electron chi connectivity index (χ4n) is 2.62. The molecule has 132 valence electrons. The molecule has 1 saturated carbocycles. The van der Waals surface area contributed by atoms with Crippen LogP contribution < -0.4 is 5.32 Å². The average molecular weight is 341 g/mol. The summed E-state index contributed by atoms with van der Waals surface area (Å²) in [5.74, 6) is 1.70. The molecular formula is C19H24FN5. The number of nitrogens with one attached hydrogen (secondary N) is 1. The molecule has 2 heterocycles. The summed E-state index contributed by atoms with van der Waals surface area (Å²) in [6, 6.07) is 7.43. The van der Waals surface area contributed by atoms with Crippen molar-refractivity contribution in [3.05, 3.63) is 53.2 Å². The summed E-state index contributed by atoms with van der Waals surface area (Å²) in [5, 5.41) is 7.34. The number of anilines is 1. The highest BCUT2D eigenvalue weighted by Gasteiger charge is 2.24. The van der Waals surface area contributed by atoms with E-state index in [2.05, 4.69) is 34.2 Å². The molecule has 0 spiro atoms. The van der Waals surface area contributed by atoms with Crippen LogP contribution in [0.4, 0.5) is 10.2 Å². The van der Waals surface area contributed by atoms with Crippen LogP contribution in [0.2, 0.25) is 0 Å². The highest BCUT2D eigenvalue weighted by molar-refractivity contribution is 5.45. The molecule has 3 aromatic rings. The van der Waals surface area contributed by atoms with Crippen molar-refractivity contribution < 1.29 is 4.39 Å². The van der Waals surface area contributed by atoms with Gasteiger partial charge in [-0.05, 0) is 37.3 Å². The van der Waals surface area contributed by atoms with Crippen LogP contribution in [0, 0.1) is 12.7 Å². The van der Waals surface area contributed by atoms with Crippen LogP contribution in [0.3, 0.4) is 0 Å². The van der Waals surface area contributed by atoms with Gasteiger partial charge < -0.3 is 5.32 Å². The third-order valence-corrected chi connectivity index (χ3v) is 3.97. The van der Waals surface area contributed by atoms with Gasteiger partial charge in [0.25, 0.3) is 5.78 Å². The second-order valence-electron chi connectivity index (χ2n) is 6.44. The first-order valence-electron chi connectivity index (χ1n) is 8.82. The molecule has 4 rings (SSSR count). The number of nitrogens with zero attached hydrogens (tertiary/aromatic N) is 4. The second kappa shape index (κ2) is 7.59. The summed E-state index contributed by atoms with van der Waals surface area (Å²) in [5.41, 5.74) is 2.60. The number of fused-ring (bicyclic) bond motifs is 1. The summed E-state index contributed by atoms with van der Waals surface area (Å²) in [6.45, 7) is 6.54. The fourth-order valence-corrected chi connectivity index (χ4v) is 2.62. The number of benzene rings is 1. The predicted molar refractivity (Wildman–Crippen MR) is 97.2 cm³/mol. The van der Waals surface area contributed by atoms with Gasteiger partial charge in [0.15, 0.2) is 0 Å². The predicted octanol–water partition coefficient (Wildman–Crippen LogP) is 4.48.